The molecule has 0 spiro atoms. The summed E-state index contributed by atoms with van der Waals surface area (Å²) < 4.78 is 0. The summed E-state index contributed by atoms with van der Waals surface area (Å²) in [6.45, 7) is 9.03. The molecule has 0 atom stereocenters. The smallest absolute Gasteiger partial charge is 0.125 e. The standard InChI is InChI=1S/C15H19N3/c1-10-7-11(2)15(12(3)8-10)17-9-14-5-6-16-13(4)18-14/h5-8,17H,9H2,1-4H3. The molecule has 0 aliphatic rings. The Hall–Kier alpha value is -1.90. The molecule has 1 N–H and O–H groups in total. The zero-order valence-corrected chi connectivity index (χ0v) is 11.4. The summed E-state index contributed by atoms with van der Waals surface area (Å²) in [5, 5.41) is 3.46. The second kappa shape index (κ2) is 5.17. The number of rotatable bonds is 3. The minimum atomic E-state index is 0.730. The summed E-state index contributed by atoms with van der Waals surface area (Å²) in [6.07, 6.45) is 1.80. The number of benzene rings is 1. The first-order valence-electron chi connectivity index (χ1n) is 6.16. The highest BCUT2D eigenvalue weighted by atomic mass is 14.9. The lowest BCUT2D eigenvalue weighted by Crippen LogP contribution is -2.06. The van der Waals surface area contributed by atoms with Crippen molar-refractivity contribution >= 4 is 5.69 Å². The van der Waals surface area contributed by atoms with Gasteiger partial charge in [0, 0.05) is 11.9 Å². The molecule has 0 unspecified atom stereocenters. The number of anilines is 1. The first-order valence-corrected chi connectivity index (χ1v) is 6.16. The summed E-state index contributed by atoms with van der Waals surface area (Å²) in [7, 11) is 0. The van der Waals surface area contributed by atoms with Crippen molar-refractivity contribution in [2.45, 2.75) is 34.2 Å². The molecule has 2 rings (SSSR count). The fraction of sp³-hybridized carbons (Fsp3) is 0.333. The minimum absolute atomic E-state index is 0.730. The third-order valence-electron chi connectivity index (χ3n) is 2.96. The van der Waals surface area contributed by atoms with Crippen LogP contribution in [-0.4, -0.2) is 9.97 Å². The normalized spacial score (nSPS) is 10.4. The van der Waals surface area contributed by atoms with Crippen LogP contribution in [0, 0.1) is 27.7 Å². The highest BCUT2D eigenvalue weighted by molar-refractivity contribution is 5.58. The van der Waals surface area contributed by atoms with Gasteiger partial charge in [0.15, 0.2) is 0 Å². The summed E-state index contributed by atoms with van der Waals surface area (Å²) in [6, 6.07) is 6.33. The molecule has 0 fully saturated rings. The van der Waals surface area contributed by atoms with Crippen molar-refractivity contribution in [2.75, 3.05) is 5.32 Å². The van der Waals surface area contributed by atoms with E-state index in [9.17, 15) is 0 Å². The minimum Gasteiger partial charge on any atom is -0.379 e. The van der Waals surface area contributed by atoms with Gasteiger partial charge in [-0.2, -0.15) is 0 Å². The quantitative estimate of drug-likeness (QED) is 0.895. The molecule has 0 bridgehead atoms. The maximum atomic E-state index is 4.39. The van der Waals surface area contributed by atoms with Crippen LogP contribution in [0.2, 0.25) is 0 Å². The average Bonchev–Trinajstić information content (AvgIpc) is 2.27. The Bertz CT molecular complexity index is 538. The summed E-state index contributed by atoms with van der Waals surface area (Å²) in [5.74, 6) is 0.812. The van der Waals surface area contributed by atoms with Crippen LogP contribution in [0.15, 0.2) is 24.4 Å². The van der Waals surface area contributed by atoms with E-state index in [0.29, 0.717) is 0 Å². The highest BCUT2D eigenvalue weighted by Crippen LogP contribution is 2.22. The summed E-state index contributed by atoms with van der Waals surface area (Å²) in [5.41, 5.74) is 6.07. The largest absolute Gasteiger partial charge is 0.379 e. The van der Waals surface area contributed by atoms with Crippen molar-refractivity contribution in [1.82, 2.24) is 9.97 Å². The zero-order valence-electron chi connectivity index (χ0n) is 11.4. The Kier molecular flexibility index (Phi) is 3.60. The molecule has 1 aromatic carbocycles. The molecule has 3 heteroatoms. The fourth-order valence-electron chi connectivity index (χ4n) is 2.24. The van der Waals surface area contributed by atoms with E-state index >= 15 is 0 Å². The molecule has 18 heavy (non-hydrogen) atoms. The second-order valence-corrected chi connectivity index (χ2v) is 4.72. The molecule has 3 nitrogen and oxygen atoms in total. The molecule has 1 aromatic heterocycles. The first-order chi connectivity index (χ1) is 8.56. The fourth-order valence-corrected chi connectivity index (χ4v) is 2.24. The molecule has 0 saturated heterocycles. The Morgan fingerprint density at radius 1 is 1.06 bits per heavy atom. The van der Waals surface area contributed by atoms with Gasteiger partial charge in [0.05, 0.1) is 12.2 Å². The maximum Gasteiger partial charge on any atom is 0.125 e. The van der Waals surface area contributed by atoms with E-state index in [-0.39, 0.29) is 0 Å². The molecular weight excluding hydrogens is 222 g/mol. The van der Waals surface area contributed by atoms with Gasteiger partial charge in [-0.1, -0.05) is 17.7 Å². The first kappa shape index (κ1) is 12.6. The van der Waals surface area contributed by atoms with Gasteiger partial charge >= 0.3 is 0 Å². The lowest BCUT2D eigenvalue weighted by molar-refractivity contribution is 0.953. The Labute approximate surface area is 108 Å². The van der Waals surface area contributed by atoms with E-state index in [1.165, 1.54) is 22.4 Å². The van der Waals surface area contributed by atoms with Crippen molar-refractivity contribution in [3.8, 4) is 0 Å². The average molecular weight is 241 g/mol. The van der Waals surface area contributed by atoms with E-state index in [2.05, 4.69) is 48.2 Å². The van der Waals surface area contributed by atoms with Gasteiger partial charge in [-0.15, -0.1) is 0 Å². The van der Waals surface area contributed by atoms with Crippen LogP contribution in [-0.2, 0) is 6.54 Å². The van der Waals surface area contributed by atoms with Crippen LogP contribution in [0.4, 0.5) is 5.69 Å². The van der Waals surface area contributed by atoms with Gasteiger partial charge in [-0.25, -0.2) is 9.97 Å². The van der Waals surface area contributed by atoms with Crippen molar-refractivity contribution < 1.29 is 0 Å². The molecule has 0 amide bonds. The van der Waals surface area contributed by atoms with Gasteiger partial charge in [-0.05, 0) is 44.9 Å². The molecular formula is C15H19N3. The number of hydrogen-bond acceptors (Lipinski definition) is 3. The van der Waals surface area contributed by atoms with E-state index in [0.717, 1.165) is 18.1 Å². The lowest BCUT2D eigenvalue weighted by atomic mass is 10.1. The second-order valence-electron chi connectivity index (χ2n) is 4.72. The SMILES string of the molecule is Cc1cc(C)c(NCc2ccnc(C)n2)c(C)c1. The number of nitrogens with one attached hydrogen (secondary N) is 1. The van der Waals surface area contributed by atoms with Gasteiger partial charge in [0.25, 0.3) is 0 Å². The Morgan fingerprint density at radius 2 is 1.72 bits per heavy atom. The maximum absolute atomic E-state index is 4.39. The molecule has 2 aromatic rings. The van der Waals surface area contributed by atoms with Crippen molar-refractivity contribution in [3.63, 3.8) is 0 Å². The van der Waals surface area contributed by atoms with Crippen LogP contribution in [0.5, 0.6) is 0 Å². The Morgan fingerprint density at radius 3 is 2.33 bits per heavy atom. The highest BCUT2D eigenvalue weighted by Gasteiger charge is 2.04. The molecule has 94 valence electrons. The number of aryl methyl sites for hydroxylation is 4. The van der Waals surface area contributed by atoms with Crippen molar-refractivity contribution in [3.05, 3.63) is 52.6 Å². The van der Waals surface area contributed by atoms with E-state index in [4.69, 9.17) is 0 Å². The number of nitrogens with zero attached hydrogens (tertiary/aromatic N) is 2. The monoisotopic (exact) mass is 241 g/mol. The third-order valence-corrected chi connectivity index (χ3v) is 2.96. The van der Waals surface area contributed by atoms with Crippen LogP contribution in [0.3, 0.4) is 0 Å². The summed E-state index contributed by atoms with van der Waals surface area (Å²) in [4.78, 5) is 8.49. The van der Waals surface area contributed by atoms with Gasteiger partial charge < -0.3 is 5.32 Å². The summed E-state index contributed by atoms with van der Waals surface area (Å²) >= 11 is 0. The lowest BCUT2D eigenvalue weighted by Gasteiger charge is -2.13. The topological polar surface area (TPSA) is 37.8 Å². The van der Waals surface area contributed by atoms with E-state index in [1.807, 2.05) is 13.0 Å². The predicted octanol–water partition coefficient (Wildman–Crippen LogP) is 3.32. The molecule has 0 aliphatic carbocycles. The van der Waals surface area contributed by atoms with Crippen LogP contribution >= 0.6 is 0 Å². The number of hydrogen-bond donors (Lipinski definition) is 1. The zero-order chi connectivity index (χ0) is 13.1. The van der Waals surface area contributed by atoms with Crippen molar-refractivity contribution in [1.29, 1.82) is 0 Å². The molecule has 1 heterocycles. The molecule has 0 saturated carbocycles. The van der Waals surface area contributed by atoms with Gasteiger partial charge in [0.2, 0.25) is 0 Å². The van der Waals surface area contributed by atoms with Crippen LogP contribution in [0.25, 0.3) is 0 Å². The molecule has 0 aliphatic heterocycles. The van der Waals surface area contributed by atoms with Crippen LogP contribution < -0.4 is 5.32 Å². The number of aromatic nitrogens is 2. The van der Waals surface area contributed by atoms with Crippen LogP contribution in [0.1, 0.15) is 28.2 Å². The predicted molar refractivity (Wildman–Crippen MR) is 74.7 cm³/mol. The van der Waals surface area contributed by atoms with Gasteiger partial charge in [0.1, 0.15) is 5.82 Å². The van der Waals surface area contributed by atoms with E-state index in [1.54, 1.807) is 6.20 Å². The third kappa shape index (κ3) is 2.86. The Balaban J connectivity index is 2.16. The van der Waals surface area contributed by atoms with E-state index < -0.39 is 0 Å². The molecule has 0 radical (unpaired) electrons. The van der Waals surface area contributed by atoms with Gasteiger partial charge in [-0.3, -0.25) is 0 Å². The van der Waals surface area contributed by atoms with Crippen molar-refractivity contribution in [2.24, 2.45) is 0 Å².